The minimum atomic E-state index is -0.483. The van der Waals surface area contributed by atoms with E-state index >= 15 is 0 Å². The Kier molecular flexibility index (Phi) is 5.61. The second kappa shape index (κ2) is 8.09. The van der Waals surface area contributed by atoms with E-state index in [1.54, 1.807) is 12.1 Å². The molecule has 1 aromatic carbocycles. The first-order chi connectivity index (χ1) is 13.0. The van der Waals surface area contributed by atoms with Gasteiger partial charge in [0.1, 0.15) is 23.1 Å². The van der Waals surface area contributed by atoms with E-state index in [0.29, 0.717) is 22.1 Å². The van der Waals surface area contributed by atoms with Crippen LogP contribution in [0.2, 0.25) is 0 Å². The maximum Gasteiger partial charge on any atom is 0.341 e. The maximum atomic E-state index is 12.5. The Labute approximate surface area is 160 Å². The highest BCUT2D eigenvalue weighted by atomic mass is 32.1. The molecule has 0 unspecified atom stereocenters. The Morgan fingerprint density at radius 1 is 1.11 bits per heavy atom. The fourth-order valence-electron chi connectivity index (χ4n) is 2.48. The van der Waals surface area contributed by atoms with E-state index in [1.165, 1.54) is 18.4 Å². The Balaban J connectivity index is 1.70. The van der Waals surface area contributed by atoms with Crippen molar-refractivity contribution in [3.8, 4) is 5.75 Å². The van der Waals surface area contributed by atoms with Gasteiger partial charge in [-0.2, -0.15) is 0 Å². The normalized spacial score (nSPS) is 10.5. The average molecular weight is 385 g/mol. The van der Waals surface area contributed by atoms with Gasteiger partial charge in [0.25, 0.3) is 5.91 Å². The second-order valence-electron chi connectivity index (χ2n) is 5.80. The molecule has 0 saturated heterocycles. The lowest BCUT2D eigenvalue weighted by Gasteiger charge is -2.05. The topological polar surface area (TPSA) is 77.8 Å². The van der Waals surface area contributed by atoms with Crippen LogP contribution in [0.25, 0.3) is 0 Å². The number of benzene rings is 1. The summed E-state index contributed by atoms with van der Waals surface area (Å²) in [6.45, 7) is 3.91. The molecule has 6 nitrogen and oxygen atoms in total. The Hall–Kier alpha value is -3.06. The van der Waals surface area contributed by atoms with E-state index in [2.05, 4.69) is 5.32 Å². The zero-order valence-electron chi connectivity index (χ0n) is 15.2. The van der Waals surface area contributed by atoms with Gasteiger partial charge in [-0.1, -0.05) is 18.2 Å². The molecular weight excluding hydrogens is 366 g/mol. The first kappa shape index (κ1) is 18.7. The van der Waals surface area contributed by atoms with Crippen molar-refractivity contribution in [1.29, 1.82) is 0 Å². The number of rotatable bonds is 6. The molecule has 3 rings (SSSR count). The first-order valence-corrected chi connectivity index (χ1v) is 9.07. The van der Waals surface area contributed by atoms with E-state index in [4.69, 9.17) is 13.9 Å². The molecule has 0 radical (unpaired) electrons. The Bertz CT molecular complexity index is 958. The predicted molar refractivity (Wildman–Crippen MR) is 103 cm³/mol. The number of ether oxygens (including phenoxy) is 2. The molecule has 0 fully saturated rings. The van der Waals surface area contributed by atoms with E-state index in [-0.39, 0.29) is 12.4 Å². The highest BCUT2D eigenvalue weighted by molar-refractivity contribution is 7.16. The number of furan rings is 1. The van der Waals surface area contributed by atoms with Crippen LogP contribution in [0, 0.1) is 13.8 Å². The third-order valence-corrected chi connectivity index (χ3v) is 5.13. The number of carbonyl (C=O) groups is 2. The van der Waals surface area contributed by atoms with Gasteiger partial charge in [-0.15, -0.1) is 11.3 Å². The van der Waals surface area contributed by atoms with Crippen LogP contribution < -0.4 is 10.1 Å². The van der Waals surface area contributed by atoms with Crippen LogP contribution in [-0.2, 0) is 11.3 Å². The molecule has 0 aliphatic carbocycles. The van der Waals surface area contributed by atoms with Gasteiger partial charge in [0.15, 0.2) is 5.76 Å². The molecule has 0 saturated carbocycles. The lowest BCUT2D eigenvalue weighted by atomic mass is 10.1. The standard InChI is InChI=1S/C20H19NO5S/c1-12-13(2)27-19(17(12)20(23)24-3)21-18(22)16-10-9-15(26-16)11-25-14-7-5-4-6-8-14/h4-10H,11H2,1-3H3,(H,21,22). The highest BCUT2D eigenvalue weighted by Gasteiger charge is 2.23. The number of esters is 1. The van der Waals surface area contributed by atoms with Gasteiger partial charge in [-0.05, 0) is 43.7 Å². The number of methoxy groups -OCH3 is 1. The monoisotopic (exact) mass is 385 g/mol. The van der Waals surface area contributed by atoms with Crippen molar-refractivity contribution < 1.29 is 23.5 Å². The molecule has 0 atom stereocenters. The van der Waals surface area contributed by atoms with Crippen LogP contribution in [0.1, 0.15) is 37.1 Å². The largest absolute Gasteiger partial charge is 0.486 e. The summed E-state index contributed by atoms with van der Waals surface area (Å²) >= 11 is 1.32. The molecule has 0 bridgehead atoms. The quantitative estimate of drug-likeness (QED) is 0.629. The molecule has 0 aliphatic rings. The average Bonchev–Trinajstić information content (AvgIpc) is 3.25. The number of anilines is 1. The second-order valence-corrected chi connectivity index (χ2v) is 7.03. The van der Waals surface area contributed by atoms with Crippen molar-refractivity contribution in [2.24, 2.45) is 0 Å². The SMILES string of the molecule is COC(=O)c1c(NC(=O)c2ccc(COc3ccccc3)o2)sc(C)c1C. The summed E-state index contributed by atoms with van der Waals surface area (Å²) in [5.41, 5.74) is 1.16. The molecule has 0 spiro atoms. The molecule has 1 amide bonds. The fourth-order valence-corrected chi connectivity index (χ4v) is 3.52. The van der Waals surface area contributed by atoms with Crippen LogP contribution in [0.3, 0.4) is 0 Å². The van der Waals surface area contributed by atoms with Crippen molar-refractivity contribution in [2.45, 2.75) is 20.5 Å². The number of thiophene rings is 1. The first-order valence-electron chi connectivity index (χ1n) is 8.25. The van der Waals surface area contributed by atoms with Crippen LogP contribution in [-0.4, -0.2) is 19.0 Å². The fraction of sp³-hybridized carbons (Fsp3) is 0.200. The summed E-state index contributed by atoms with van der Waals surface area (Å²) in [5.74, 6) is 0.458. The number of hydrogen-bond acceptors (Lipinski definition) is 6. The molecule has 140 valence electrons. The third kappa shape index (κ3) is 4.20. The minimum Gasteiger partial charge on any atom is -0.486 e. The van der Waals surface area contributed by atoms with Crippen molar-refractivity contribution in [3.63, 3.8) is 0 Å². The highest BCUT2D eigenvalue weighted by Crippen LogP contribution is 2.33. The molecule has 27 heavy (non-hydrogen) atoms. The zero-order valence-corrected chi connectivity index (χ0v) is 16.0. The van der Waals surface area contributed by atoms with Crippen molar-refractivity contribution in [1.82, 2.24) is 0 Å². The lowest BCUT2D eigenvalue weighted by Crippen LogP contribution is -2.13. The van der Waals surface area contributed by atoms with Gasteiger partial charge in [-0.25, -0.2) is 4.79 Å². The van der Waals surface area contributed by atoms with Gasteiger partial charge in [0.05, 0.1) is 12.7 Å². The van der Waals surface area contributed by atoms with Crippen molar-refractivity contribution in [3.05, 3.63) is 70.0 Å². The number of carbonyl (C=O) groups excluding carboxylic acids is 2. The predicted octanol–water partition coefficient (Wildman–Crippen LogP) is 4.58. The Morgan fingerprint density at radius 3 is 2.56 bits per heavy atom. The molecule has 2 aromatic heterocycles. The Morgan fingerprint density at radius 2 is 1.85 bits per heavy atom. The molecule has 2 heterocycles. The maximum absolute atomic E-state index is 12.5. The van der Waals surface area contributed by atoms with Gasteiger partial charge in [0.2, 0.25) is 0 Å². The van der Waals surface area contributed by atoms with Gasteiger partial charge in [-0.3, -0.25) is 4.79 Å². The summed E-state index contributed by atoms with van der Waals surface area (Å²) in [7, 11) is 1.31. The molecule has 1 N–H and O–H groups in total. The van der Waals surface area contributed by atoms with E-state index in [1.807, 2.05) is 44.2 Å². The number of aryl methyl sites for hydroxylation is 1. The smallest absolute Gasteiger partial charge is 0.341 e. The summed E-state index contributed by atoms with van der Waals surface area (Å²) in [6, 6.07) is 12.6. The van der Waals surface area contributed by atoms with Crippen LogP contribution in [0.4, 0.5) is 5.00 Å². The van der Waals surface area contributed by atoms with Crippen LogP contribution >= 0.6 is 11.3 Å². The van der Waals surface area contributed by atoms with Gasteiger partial charge < -0.3 is 19.2 Å². The summed E-state index contributed by atoms with van der Waals surface area (Å²) in [6.07, 6.45) is 0. The van der Waals surface area contributed by atoms with Crippen molar-refractivity contribution >= 4 is 28.2 Å². The summed E-state index contributed by atoms with van der Waals surface area (Å²) in [4.78, 5) is 25.4. The number of nitrogens with one attached hydrogen (secondary N) is 1. The molecule has 3 aromatic rings. The zero-order chi connectivity index (χ0) is 19.4. The van der Waals surface area contributed by atoms with Crippen LogP contribution in [0.5, 0.6) is 5.75 Å². The summed E-state index contributed by atoms with van der Waals surface area (Å²) < 4.78 is 16.0. The van der Waals surface area contributed by atoms with Gasteiger partial charge >= 0.3 is 5.97 Å². The van der Waals surface area contributed by atoms with Crippen molar-refractivity contribution in [2.75, 3.05) is 12.4 Å². The molecule has 0 aliphatic heterocycles. The minimum absolute atomic E-state index is 0.140. The van der Waals surface area contributed by atoms with E-state index in [9.17, 15) is 9.59 Å². The lowest BCUT2D eigenvalue weighted by molar-refractivity contribution is 0.0601. The number of hydrogen-bond donors (Lipinski definition) is 1. The third-order valence-electron chi connectivity index (χ3n) is 4.01. The molecule has 7 heteroatoms. The number of para-hydroxylation sites is 1. The molecular formula is C20H19NO5S. The number of amides is 1. The van der Waals surface area contributed by atoms with Gasteiger partial charge in [0, 0.05) is 4.88 Å². The summed E-state index contributed by atoms with van der Waals surface area (Å²) in [5, 5.41) is 3.18. The van der Waals surface area contributed by atoms with E-state index < -0.39 is 11.9 Å². The van der Waals surface area contributed by atoms with E-state index in [0.717, 1.165) is 10.4 Å². The van der Waals surface area contributed by atoms with Crippen LogP contribution in [0.15, 0.2) is 46.9 Å².